The van der Waals surface area contributed by atoms with E-state index >= 15 is 0 Å². The molecule has 0 spiro atoms. The quantitative estimate of drug-likeness (QED) is 0.575. The third-order valence-corrected chi connectivity index (χ3v) is 4.10. The molecular weight excluding hydrogens is 266 g/mol. The van der Waals surface area contributed by atoms with E-state index in [2.05, 4.69) is 30.9 Å². The fraction of sp³-hybridized carbons (Fsp3) is 0.235. The first-order chi connectivity index (χ1) is 9.74. The van der Waals surface area contributed by atoms with Crippen molar-refractivity contribution in [2.24, 2.45) is 0 Å². The van der Waals surface area contributed by atoms with Crippen LogP contribution in [0.2, 0.25) is 0 Å². The highest BCUT2D eigenvalue weighted by molar-refractivity contribution is 7.12. The number of carbonyl (C=O) groups is 1. The fourth-order valence-corrected chi connectivity index (χ4v) is 2.70. The second kappa shape index (κ2) is 7.06. The molecule has 0 fully saturated rings. The summed E-state index contributed by atoms with van der Waals surface area (Å²) in [6.07, 6.45) is 3.51. The number of nitrogens with zero attached hydrogens (tertiary/aromatic N) is 1. The highest BCUT2D eigenvalue weighted by Crippen LogP contribution is 2.16. The second-order valence-electron chi connectivity index (χ2n) is 4.44. The van der Waals surface area contributed by atoms with Crippen molar-refractivity contribution in [1.82, 2.24) is 0 Å². The number of ketones is 1. The van der Waals surface area contributed by atoms with Gasteiger partial charge >= 0.3 is 0 Å². The average molecular weight is 285 g/mol. The Labute approximate surface area is 124 Å². The first-order valence-corrected chi connectivity index (χ1v) is 7.73. The number of carbonyl (C=O) groups excluding carboxylic acids is 1. The smallest absolute Gasteiger partial charge is 0.195 e. The Morgan fingerprint density at radius 2 is 1.85 bits per heavy atom. The highest BCUT2D eigenvalue weighted by Gasteiger charge is 2.02. The van der Waals surface area contributed by atoms with E-state index in [1.807, 2.05) is 35.7 Å². The maximum atomic E-state index is 11.9. The van der Waals surface area contributed by atoms with E-state index in [1.54, 1.807) is 6.08 Å². The first-order valence-electron chi connectivity index (χ1n) is 6.85. The van der Waals surface area contributed by atoms with E-state index in [0.29, 0.717) is 0 Å². The molecule has 0 N–H and O–H groups in total. The van der Waals surface area contributed by atoms with Crippen LogP contribution in [0, 0.1) is 0 Å². The molecule has 20 heavy (non-hydrogen) atoms. The minimum atomic E-state index is 0.0628. The molecule has 2 aromatic rings. The van der Waals surface area contributed by atoms with Crippen molar-refractivity contribution in [3.05, 3.63) is 58.3 Å². The van der Waals surface area contributed by atoms with Gasteiger partial charge in [0.05, 0.1) is 4.88 Å². The molecule has 0 aliphatic carbocycles. The monoisotopic (exact) mass is 285 g/mol. The van der Waals surface area contributed by atoms with Gasteiger partial charge < -0.3 is 4.90 Å². The van der Waals surface area contributed by atoms with Gasteiger partial charge in [-0.2, -0.15) is 0 Å². The lowest BCUT2D eigenvalue weighted by atomic mass is 10.1. The van der Waals surface area contributed by atoms with Gasteiger partial charge in [-0.1, -0.05) is 24.3 Å². The van der Waals surface area contributed by atoms with Crippen LogP contribution in [0.25, 0.3) is 6.08 Å². The van der Waals surface area contributed by atoms with Crippen LogP contribution < -0.4 is 4.90 Å². The Bertz CT molecular complexity index is 566. The summed E-state index contributed by atoms with van der Waals surface area (Å²) in [5.41, 5.74) is 2.27. The van der Waals surface area contributed by atoms with Gasteiger partial charge in [0.1, 0.15) is 0 Å². The molecule has 2 nitrogen and oxygen atoms in total. The van der Waals surface area contributed by atoms with Gasteiger partial charge in [0.25, 0.3) is 0 Å². The number of anilines is 1. The minimum absolute atomic E-state index is 0.0628. The van der Waals surface area contributed by atoms with Crippen molar-refractivity contribution >= 4 is 28.9 Å². The molecule has 0 bridgehead atoms. The summed E-state index contributed by atoms with van der Waals surface area (Å²) in [5.74, 6) is 0.0628. The molecule has 1 heterocycles. The SMILES string of the molecule is CCN(CC)c1ccc(/C=C/C(=O)c2cccs2)cc1. The maximum absolute atomic E-state index is 11.9. The Hall–Kier alpha value is -1.87. The van der Waals surface area contributed by atoms with Crippen LogP contribution in [0.3, 0.4) is 0 Å². The lowest BCUT2D eigenvalue weighted by Crippen LogP contribution is -2.21. The normalized spacial score (nSPS) is 10.9. The summed E-state index contributed by atoms with van der Waals surface area (Å²) >= 11 is 1.47. The summed E-state index contributed by atoms with van der Waals surface area (Å²) in [7, 11) is 0. The van der Waals surface area contributed by atoms with Crippen molar-refractivity contribution in [2.45, 2.75) is 13.8 Å². The molecule has 0 atom stereocenters. The molecule has 0 unspecified atom stereocenters. The molecular formula is C17H19NOS. The number of hydrogen-bond acceptors (Lipinski definition) is 3. The number of thiophene rings is 1. The predicted molar refractivity (Wildman–Crippen MR) is 87.7 cm³/mol. The largest absolute Gasteiger partial charge is 0.372 e. The topological polar surface area (TPSA) is 20.3 Å². The zero-order valence-electron chi connectivity index (χ0n) is 11.9. The Morgan fingerprint density at radius 3 is 2.40 bits per heavy atom. The van der Waals surface area contributed by atoms with E-state index < -0.39 is 0 Å². The van der Waals surface area contributed by atoms with Crippen molar-refractivity contribution < 1.29 is 4.79 Å². The third-order valence-electron chi connectivity index (χ3n) is 3.21. The molecule has 1 aromatic heterocycles. The lowest BCUT2D eigenvalue weighted by Gasteiger charge is -2.20. The predicted octanol–water partition coefficient (Wildman–Crippen LogP) is 4.49. The summed E-state index contributed by atoms with van der Waals surface area (Å²) < 4.78 is 0. The third kappa shape index (κ3) is 3.58. The van der Waals surface area contributed by atoms with Crippen LogP contribution in [-0.4, -0.2) is 18.9 Å². The molecule has 0 aliphatic rings. The Kier molecular flexibility index (Phi) is 5.13. The van der Waals surface area contributed by atoms with E-state index in [0.717, 1.165) is 23.5 Å². The summed E-state index contributed by atoms with van der Waals surface area (Å²) in [6.45, 7) is 6.30. The minimum Gasteiger partial charge on any atom is -0.372 e. The van der Waals surface area contributed by atoms with Gasteiger partial charge in [-0.05, 0) is 49.1 Å². The van der Waals surface area contributed by atoms with Crippen LogP contribution in [0.5, 0.6) is 0 Å². The van der Waals surface area contributed by atoms with Gasteiger partial charge in [0.15, 0.2) is 5.78 Å². The molecule has 3 heteroatoms. The molecule has 1 aromatic carbocycles. The number of hydrogen-bond donors (Lipinski definition) is 0. The average Bonchev–Trinajstić information content (AvgIpc) is 3.01. The molecule has 104 valence electrons. The van der Waals surface area contributed by atoms with Crippen LogP contribution in [0.15, 0.2) is 47.9 Å². The number of rotatable bonds is 6. The maximum Gasteiger partial charge on any atom is 0.195 e. The van der Waals surface area contributed by atoms with E-state index in [1.165, 1.54) is 17.0 Å². The van der Waals surface area contributed by atoms with Crippen LogP contribution >= 0.6 is 11.3 Å². The van der Waals surface area contributed by atoms with Gasteiger partial charge in [0, 0.05) is 18.8 Å². The molecule has 0 aliphatic heterocycles. The van der Waals surface area contributed by atoms with Crippen LogP contribution in [0.4, 0.5) is 5.69 Å². The fourth-order valence-electron chi connectivity index (χ4n) is 2.06. The standard InChI is InChI=1S/C17H19NOS/c1-3-18(4-2)15-10-7-14(8-11-15)9-12-16(19)17-6-5-13-20-17/h5-13H,3-4H2,1-2H3/b12-9+. The molecule has 0 radical (unpaired) electrons. The summed E-state index contributed by atoms with van der Waals surface area (Å²) in [6, 6.07) is 12.0. The Balaban J connectivity index is 2.05. The van der Waals surface area contributed by atoms with E-state index in [9.17, 15) is 4.79 Å². The highest BCUT2D eigenvalue weighted by atomic mass is 32.1. The lowest BCUT2D eigenvalue weighted by molar-refractivity contribution is 0.105. The second-order valence-corrected chi connectivity index (χ2v) is 5.39. The summed E-state index contributed by atoms with van der Waals surface area (Å²) in [5, 5.41) is 1.92. The number of benzene rings is 1. The first kappa shape index (κ1) is 14.5. The van der Waals surface area contributed by atoms with Crippen LogP contribution in [0.1, 0.15) is 29.1 Å². The Morgan fingerprint density at radius 1 is 1.15 bits per heavy atom. The summed E-state index contributed by atoms with van der Waals surface area (Å²) in [4.78, 5) is 14.9. The number of allylic oxidation sites excluding steroid dienone is 1. The van der Waals surface area contributed by atoms with E-state index in [4.69, 9.17) is 0 Å². The molecule has 0 saturated heterocycles. The van der Waals surface area contributed by atoms with Crippen molar-refractivity contribution in [3.63, 3.8) is 0 Å². The van der Waals surface area contributed by atoms with Crippen molar-refractivity contribution in [1.29, 1.82) is 0 Å². The zero-order valence-corrected chi connectivity index (χ0v) is 12.7. The van der Waals surface area contributed by atoms with Gasteiger partial charge in [-0.15, -0.1) is 11.3 Å². The van der Waals surface area contributed by atoms with Crippen molar-refractivity contribution in [2.75, 3.05) is 18.0 Å². The van der Waals surface area contributed by atoms with Crippen LogP contribution in [-0.2, 0) is 0 Å². The molecule has 0 amide bonds. The molecule has 0 saturated carbocycles. The zero-order chi connectivity index (χ0) is 14.4. The van der Waals surface area contributed by atoms with E-state index in [-0.39, 0.29) is 5.78 Å². The van der Waals surface area contributed by atoms with Gasteiger partial charge in [-0.3, -0.25) is 4.79 Å². The molecule has 2 rings (SSSR count). The van der Waals surface area contributed by atoms with Crippen molar-refractivity contribution in [3.8, 4) is 0 Å². The van der Waals surface area contributed by atoms with Gasteiger partial charge in [0.2, 0.25) is 0 Å². The van der Waals surface area contributed by atoms with Gasteiger partial charge in [-0.25, -0.2) is 0 Å².